The van der Waals surface area contributed by atoms with Gasteiger partial charge >= 0.3 is 0 Å². The molecular weight excluding hydrogens is 317 g/mol. The highest BCUT2D eigenvalue weighted by Crippen LogP contribution is 2.22. The topological polar surface area (TPSA) is 73.3 Å². The SMILES string of the molecule is COc1cc(OC)nc(NC(=O)c2ccc(Cl)cc2Cl)n1. The number of amides is 1. The molecule has 0 bridgehead atoms. The monoisotopic (exact) mass is 327 g/mol. The third-order valence-electron chi connectivity index (χ3n) is 2.50. The van der Waals surface area contributed by atoms with Crippen LogP contribution in [0.3, 0.4) is 0 Å². The van der Waals surface area contributed by atoms with Crippen molar-refractivity contribution in [2.75, 3.05) is 19.5 Å². The van der Waals surface area contributed by atoms with Crippen molar-refractivity contribution in [2.45, 2.75) is 0 Å². The van der Waals surface area contributed by atoms with Crippen LogP contribution in [0.25, 0.3) is 0 Å². The first-order valence-electron chi connectivity index (χ1n) is 5.77. The summed E-state index contributed by atoms with van der Waals surface area (Å²) in [6.07, 6.45) is 0. The summed E-state index contributed by atoms with van der Waals surface area (Å²) in [7, 11) is 2.90. The van der Waals surface area contributed by atoms with E-state index in [1.165, 1.54) is 32.4 Å². The molecular formula is C13H11Cl2N3O3. The lowest BCUT2D eigenvalue weighted by molar-refractivity contribution is 0.102. The Bertz CT molecular complexity index is 657. The quantitative estimate of drug-likeness (QED) is 0.934. The smallest absolute Gasteiger partial charge is 0.259 e. The third-order valence-corrected chi connectivity index (χ3v) is 3.05. The Balaban J connectivity index is 2.26. The maximum Gasteiger partial charge on any atom is 0.259 e. The maximum absolute atomic E-state index is 12.1. The summed E-state index contributed by atoms with van der Waals surface area (Å²) >= 11 is 11.8. The number of carbonyl (C=O) groups excluding carboxylic acids is 1. The zero-order valence-electron chi connectivity index (χ0n) is 11.2. The Morgan fingerprint density at radius 1 is 1.10 bits per heavy atom. The molecule has 0 aliphatic heterocycles. The van der Waals surface area contributed by atoms with Crippen molar-refractivity contribution in [3.05, 3.63) is 39.9 Å². The van der Waals surface area contributed by atoms with Crippen LogP contribution in [0.4, 0.5) is 5.95 Å². The lowest BCUT2D eigenvalue weighted by Crippen LogP contribution is -2.15. The van der Waals surface area contributed by atoms with Crippen LogP contribution < -0.4 is 14.8 Å². The molecule has 0 atom stereocenters. The Morgan fingerprint density at radius 3 is 2.24 bits per heavy atom. The Morgan fingerprint density at radius 2 is 1.71 bits per heavy atom. The molecule has 0 unspecified atom stereocenters. The number of hydrogen-bond acceptors (Lipinski definition) is 5. The van der Waals surface area contributed by atoms with Gasteiger partial charge in [0.2, 0.25) is 17.7 Å². The zero-order valence-corrected chi connectivity index (χ0v) is 12.7. The first-order chi connectivity index (χ1) is 10.0. The number of anilines is 1. The number of hydrogen-bond donors (Lipinski definition) is 1. The van der Waals surface area contributed by atoms with Crippen LogP contribution in [-0.2, 0) is 0 Å². The molecule has 1 N–H and O–H groups in total. The van der Waals surface area contributed by atoms with Crippen molar-refractivity contribution in [2.24, 2.45) is 0 Å². The van der Waals surface area contributed by atoms with Gasteiger partial charge in [-0.25, -0.2) is 0 Å². The summed E-state index contributed by atoms with van der Waals surface area (Å²) in [5, 5.41) is 3.19. The van der Waals surface area contributed by atoms with Gasteiger partial charge in [0, 0.05) is 5.02 Å². The van der Waals surface area contributed by atoms with E-state index in [1.807, 2.05) is 0 Å². The van der Waals surface area contributed by atoms with Crippen LogP contribution in [0.1, 0.15) is 10.4 Å². The van der Waals surface area contributed by atoms with E-state index in [4.69, 9.17) is 32.7 Å². The van der Waals surface area contributed by atoms with Crippen molar-refractivity contribution < 1.29 is 14.3 Å². The normalized spacial score (nSPS) is 10.1. The van der Waals surface area contributed by atoms with E-state index in [1.54, 1.807) is 6.07 Å². The molecule has 6 nitrogen and oxygen atoms in total. The minimum absolute atomic E-state index is 0.0437. The van der Waals surface area contributed by atoms with Gasteiger partial charge in [-0.15, -0.1) is 0 Å². The fourth-order valence-electron chi connectivity index (χ4n) is 1.51. The predicted octanol–water partition coefficient (Wildman–Crippen LogP) is 3.05. The number of ether oxygens (including phenoxy) is 2. The van der Waals surface area contributed by atoms with E-state index in [-0.39, 0.29) is 28.3 Å². The van der Waals surface area contributed by atoms with Gasteiger partial charge in [-0.2, -0.15) is 9.97 Å². The van der Waals surface area contributed by atoms with Crippen molar-refractivity contribution in [3.8, 4) is 11.8 Å². The molecule has 1 heterocycles. The number of carbonyl (C=O) groups is 1. The lowest BCUT2D eigenvalue weighted by atomic mass is 10.2. The van der Waals surface area contributed by atoms with Crippen LogP contribution in [0.15, 0.2) is 24.3 Å². The molecule has 2 aromatic rings. The Hall–Kier alpha value is -2.05. The second-order valence-corrected chi connectivity index (χ2v) is 4.70. The van der Waals surface area contributed by atoms with Crippen molar-refractivity contribution in [1.29, 1.82) is 0 Å². The van der Waals surface area contributed by atoms with Gasteiger partial charge in [-0.1, -0.05) is 23.2 Å². The molecule has 8 heteroatoms. The Labute approximate surface area is 131 Å². The van der Waals surface area contributed by atoms with E-state index in [0.717, 1.165) is 0 Å². The highest BCUT2D eigenvalue weighted by Gasteiger charge is 2.14. The molecule has 1 aromatic heterocycles. The molecule has 1 aromatic carbocycles. The van der Waals surface area contributed by atoms with E-state index < -0.39 is 5.91 Å². The summed E-state index contributed by atoms with van der Waals surface area (Å²) < 4.78 is 10.00. The molecule has 0 aliphatic carbocycles. The van der Waals surface area contributed by atoms with Crippen molar-refractivity contribution >= 4 is 35.1 Å². The number of nitrogens with one attached hydrogen (secondary N) is 1. The zero-order chi connectivity index (χ0) is 15.4. The molecule has 110 valence electrons. The minimum atomic E-state index is -0.466. The lowest BCUT2D eigenvalue weighted by Gasteiger charge is -2.08. The number of benzene rings is 1. The van der Waals surface area contributed by atoms with Crippen molar-refractivity contribution in [1.82, 2.24) is 9.97 Å². The number of nitrogens with zero attached hydrogens (tertiary/aromatic N) is 2. The van der Waals surface area contributed by atoms with Gasteiger partial charge in [0.05, 0.1) is 30.9 Å². The fourth-order valence-corrected chi connectivity index (χ4v) is 2.01. The summed E-state index contributed by atoms with van der Waals surface area (Å²) in [5.74, 6) is 0.105. The van der Waals surface area contributed by atoms with Gasteiger partial charge in [0.25, 0.3) is 5.91 Å². The van der Waals surface area contributed by atoms with Crippen LogP contribution in [0.5, 0.6) is 11.8 Å². The average molecular weight is 328 g/mol. The number of halogens is 2. The molecule has 0 saturated heterocycles. The second kappa shape index (κ2) is 6.60. The van der Waals surface area contributed by atoms with Crippen LogP contribution in [-0.4, -0.2) is 30.1 Å². The van der Waals surface area contributed by atoms with E-state index in [0.29, 0.717) is 5.02 Å². The van der Waals surface area contributed by atoms with E-state index >= 15 is 0 Å². The second-order valence-electron chi connectivity index (χ2n) is 3.85. The molecule has 1 amide bonds. The minimum Gasteiger partial charge on any atom is -0.481 e. The van der Waals surface area contributed by atoms with E-state index in [9.17, 15) is 4.79 Å². The summed E-state index contributed by atoms with van der Waals surface area (Å²) in [5.41, 5.74) is 0.256. The summed E-state index contributed by atoms with van der Waals surface area (Å²) in [4.78, 5) is 20.1. The van der Waals surface area contributed by atoms with Crippen molar-refractivity contribution in [3.63, 3.8) is 0 Å². The highest BCUT2D eigenvalue weighted by atomic mass is 35.5. The van der Waals surface area contributed by atoms with Gasteiger partial charge in [0.15, 0.2) is 0 Å². The third kappa shape index (κ3) is 3.74. The molecule has 21 heavy (non-hydrogen) atoms. The molecule has 0 spiro atoms. The summed E-state index contributed by atoms with van der Waals surface area (Å²) in [6.45, 7) is 0. The molecule has 2 rings (SSSR count). The van der Waals surface area contributed by atoms with Gasteiger partial charge < -0.3 is 9.47 Å². The van der Waals surface area contributed by atoms with Crippen LogP contribution in [0, 0.1) is 0 Å². The highest BCUT2D eigenvalue weighted by molar-refractivity contribution is 6.37. The van der Waals surface area contributed by atoms with Crippen LogP contribution >= 0.6 is 23.2 Å². The van der Waals surface area contributed by atoms with E-state index in [2.05, 4.69) is 15.3 Å². The largest absolute Gasteiger partial charge is 0.481 e. The molecule has 0 saturated carbocycles. The predicted molar refractivity (Wildman–Crippen MR) is 79.6 cm³/mol. The average Bonchev–Trinajstić information content (AvgIpc) is 2.46. The number of rotatable bonds is 4. The number of aromatic nitrogens is 2. The first-order valence-corrected chi connectivity index (χ1v) is 6.52. The maximum atomic E-state index is 12.1. The summed E-state index contributed by atoms with van der Waals surface area (Å²) in [6, 6.07) is 6.04. The molecule has 0 aliphatic rings. The molecule has 0 fully saturated rings. The van der Waals surface area contributed by atoms with Gasteiger partial charge in [-0.3, -0.25) is 10.1 Å². The molecule has 0 radical (unpaired) electrons. The standard InChI is InChI=1S/C13H11Cl2N3O3/c1-20-10-6-11(21-2)17-13(16-10)18-12(19)8-4-3-7(14)5-9(8)15/h3-6H,1-2H3,(H,16,17,18,19). The van der Waals surface area contributed by atoms with Crippen LogP contribution in [0.2, 0.25) is 10.0 Å². The van der Waals surface area contributed by atoms with Gasteiger partial charge in [0.1, 0.15) is 0 Å². The Kier molecular flexibility index (Phi) is 4.82. The number of methoxy groups -OCH3 is 2. The van der Waals surface area contributed by atoms with Gasteiger partial charge in [-0.05, 0) is 18.2 Å². The fraction of sp³-hybridized carbons (Fsp3) is 0.154. The first kappa shape index (κ1) is 15.3.